The molecule has 78 valence electrons. The average molecular weight is 210 g/mol. The van der Waals surface area contributed by atoms with E-state index in [1.165, 1.54) is 5.56 Å². The lowest BCUT2D eigenvalue weighted by Gasteiger charge is -2.08. The molecule has 0 bridgehead atoms. The van der Waals surface area contributed by atoms with E-state index in [4.69, 9.17) is 0 Å². The van der Waals surface area contributed by atoms with Crippen molar-refractivity contribution in [2.24, 2.45) is 0 Å². The Morgan fingerprint density at radius 1 is 1.43 bits per heavy atom. The van der Waals surface area contributed by atoms with Crippen LogP contribution in [-0.2, 0) is 5.75 Å². The first-order valence-electron chi connectivity index (χ1n) is 5.14. The third kappa shape index (κ3) is 3.58. The van der Waals surface area contributed by atoms with E-state index < -0.39 is 0 Å². The summed E-state index contributed by atoms with van der Waals surface area (Å²) in [5, 5.41) is 3.35. The summed E-state index contributed by atoms with van der Waals surface area (Å²) >= 11 is 1.93. The summed E-state index contributed by atoms with van der Waals surface area (Å²) in [5.74, 6) is 3.26. The molecular weight excluding hydrogens is 192 g/mol. The van der Waals surface area contributed by atoms with E-state index in [1.807, 2.05) is 24.0 Å². The van der Waals surface area contributed by atoms with Crippen LogP contribution in [0.25, 0.3) is 0 Å². The molecule has 1 heterocycles. The first-order chi connectivity index (χ1) is 6.88. The Bertz CT molecular complexity index is 236. The van der Waals surface area contributed by atoms with Crippen LogP contribution >= 0.6 is 11.8 Å². The van der Waals surface area contributed by atoms with Crippen LogP contribution in [0.5, 0.6) is 0 Å². The van der Waals surface area contributed by atoms with Gasteiger partial charge in [0.15, 0.2) is 0 Å². The summed E-state index contributed by atoms with van der Waals surface area (Å²) in [4.78, 5) is 4.34. The van der Waals surface area contributed by atoms with Crippen LogP contribution in [0.1, 0.15) is 25.8 Å². The zero-order valence-electron chi connectivity index (χ0n) is 8.92. The third-order valence-electron chi connectivity index (χ3n) is 1.90. The summed E-state index contributed by atoms with van der Waals surface area (Å²) in [6.45, 7) is 5.34. The minimum Gasteiger partial charge on any atom is -0.370 e. The molecule has 0 aliphatic rings. The lowest BCUT2D eigenvalue weighted by atomic mass is 10.3. The van der Waals surface area contributed by atoms with Crippen LogP contribution in [0.3, 0.4) is 0 Å². The molecule has 0 aliphatic heterocycles. The Kier molecular flexibility index (Phi) is 5.45. The van der Waals surface area contributed by atoms with E-state index in [9.17, 15) is 0 Å². The highest BCUT2D eigenvalue weighted by molar-refractivity contribution is 7.98. The molecule has 0 aliphatic carbocycles. The Morgan fingerprint density at radius 2 is 2.29 bits per heavy atom. The smallest absolute Gasteiger partial charge is 0.129 e. The van der Waals surface area contributed by atoms with Gasteiger partial charge in [0.2, 0.25) is 0 Å². The van der Waals surface area contributed by atoms with Gasteiger partial charge in [-0.1, -0.05) is 19.9 Å². The molecule has 1 rings (SSSR count). The van der Waals surface area contributed by atoms with E-state index in [-0.39, 0.29) is 0 Å². The van der Waals surface area contributed by atoms with E-state index in [1.54, 1.807) is 0 Å². The lowest BCUT2D eigenvalue weighted by Crippen LogP contribution is -2.04. The summed E-state index contributed by atoms with van der Waals surface area (Å²) in [6.07, 6.45) is 2.98. The van der Waals surface area contributed by atoms with Gasteiger partial charge in [-0.15, -0.1) is 0 Å². The number of aromatic nitrogens is 1. The highest BCUT2D eigenvalue weighted by Gasteiger charge is 2.01. The number of nitrogens with one attached hydrogen (secondary N) is 1. The molecule has 0 radical (unpaired) electrons. The van der Waals surface area contributed by atoms with Crippen molar-refractivity contribution in [1.29, 1.82) is 0 Å². The van der Waals surface area contributed by atoms with Crippen molar-refractivity contribution in [3.63, 3.8) is 0 Å². The van der Waals surface area contributed by atoms with Crippen molar-refractivity contribution in [2.75, 3.05) is 17.6 Å². The number of nitrogens with zero attached hydrogens (tertiary/aromatic N) is 1. The zero-order valence-corrected chi connectivity index (χ0v) is 9.73. The predicted molar refractivity (Wildman–Crippen MR) is 64.9 cm³/mol. The SMILES string of the molecule is CCCNc1ncccc1CSCC. The molecule has 3 heteroatoms. The van der Waals surface area contributed by atoms with Crippen LogP contribution < -0.4 is 5.32 Å². The number of pyridine rings is 1. The molecule has 0 saturated carbocycles. The highest BCUT2D eigenvalue weighted by atomic mass is 32.2. The van der Waals surface area contributed by atoms with Gasteiger partial charge in [0.1, 0.15) is 5.82 Å². The quantitative estimate of drug-likeness (QED) is 0.780. The summed E-state index contributed by atoms with van der Waals surface area (Å²) in [7, 11) is 0. The van der Waals surface area contributed by atoms with Gasteiger partial charge in [-0.25, -0.2) is 4.98 Å². The first kappa shape index (κ1) is 11.4. The number of hydrogen-bond donors (Lipinski definition) is 1. The van der Waals surface area contributed by atoms with Gasteiger partial charge in [0, 0.05) is 24.1 Å². The molecule has 0 aromatic carbocycles. The monoisotopic (exact) mass is 210 g/mol. The molecule has 0 atom stereocenters. The van der Waals surface area contributed by atoms with Crippen molar-refractivity contribution < 1.29 is 0 Å². The third-order valence-corrected chi connectivity index (χ3v) is 2.82. The number of anilines is 1. The van der Waals surface area contributed by atoms with Crippen molar-refractivity contribution in [3.8, 4) is 0 Å². The predicted octanol–water partition coefficient (Wildman–Crippen LogP) is 3.16. The van der Waals surface area contributed by atoms with Crippen LogP contribution in [0.2, 0.25) is 0 Å². The summed E-state index contributed by atoms with van der Waals surface area (Å²) in [6, 6.07) is 4.15. The van der Waals surface area contributed by atoms with Crippen LogP contribution in [0, 0.1) is 0 Å². The van der Waals surface area contributed by atoms with Crippen molar-refractivity contribution in [3.05, 3.63) is 23.9 Å². The molecule has 1 N–H and O–H groups in total. The summed E-state index contributed by atoms with van der Waals surface area (Å²) in [5.41, 5.74) is 1.31. The number of thioether (sulfide) groups is 1. The second-order valence-corrected chi connectivity index (χ2v) is 4.35. The van der Waals surface area contributed by atoms with Crippen molar-refractivity contribution >= 4 is 17.6 Å². The fourth-order valence-electron chi connectivity index (χ4n) is 1.17. The Hall–Kier alpha value is -0.700. The maximum Gasteiger partial charge on any atom is 0.129 e. The fourth-order valence-corrected chi connectivity index (χ4v) is 1.83. The standard InChI is InChI=1S/C11H18N2S/c1-3-7-12-11-10(9-14-4-2)6-5-8-13-11/h5-6,8H,3-4,7,9H2,1-2H3,(H,12,13). The topological polar surface area (TPSA) is 24.9 Å². The second-order valence-electron chi connectivity index (χ2n) is 3.08. The molecule has 0 fully saturated rings. The van der Waals surface area contributed by atoms with Gasteiger partial charge >= 0.3 is 0 Å². The Balaban J connectivity index is 2.60. The largest absolute Gasteiger partial charge is 0.370 e. The lowest BCUT2D eigenvalue weighted by molar-refractivity contribution is 0.965. The van der Waals surface area contributed by atoms with Gasteiger partial charge in [-0.2, -0.15) is 11.8 Å². The summed E-state index contributed by atoms with van der Waals surface area (Å²) < 4.78 is 0. The highest BCUT2D eigenvalue weighted by Crippen LogP contribution is 2.18. The molecule has 0 spiro atoms. The molecule has 0 unspecified atom stereocenters. The normalized spacial score (nSPS) is 10.1. The molecular formula is C11H18N2S. The van der Waals surface area contributed by atoms with Crippen molar-refractivity contribution in [2.45, 2.75) is 26.0 Å². The average Bonchev–Trinajstić information content (AvgIpc) is 2.24. The van der Waals surface area contributed by atoms with Gasteiger partial charge in [-0.3, -0.25) is 0 Å². The zero-order chi connectivity index (χ0) is 10.2. The Morgan fingerprint density at radius 3 is 3.00 bits per heavy atom. The van der Waals surface area contributed by atoms with Crippen LogP contribution in [0.4, 0.5) is 5.82 Å². The maximum absolute atomic E-state index is 4.34. The van der Waals surface area contributed by atoms with Gasteiger partial charge in [-0.05, 0) is 18.2 Å². The molecule has 2 nitrogen and oxygen atoms in total. The molecule has 14 heavy (non-hydrogen) atoms. The number of rotatable bonds is 6. The maximum atomic E-state index is 4.34. The van der Waals surface area contributed by atoms with E-state index in [0.29, 0.717) is 0 Å². The van der Waals surface area contributed by atoms with Crippen LogP contribution in [-0.4, -0.2) is 17.3 Å². The van der Waals surface area contributed by atoms with Crippen molar-refractivity contribution in [1.82, 2.24) is 4.98 Å². The van der Waals surface area contributed by atoms with E-state index in [0.717, 1.165) is 30.3 Å². The molecule has 1 aromatic heterocycles. The second kappa shape index (κ2) is 6.71. The molecule has 0 amide bonds. The Labute approximate surface area is 90.5 Å². The fraction of sp³-hybridized carbons (Fsp3) is 0.545. The number of hydrogen-bond acceptors (Lipinski definition) is 3. The van der Waals surface area contributed by atoms with Crippen LogP contribution in [0.15, 0.2) is 18.3 Å². The minimum atomic E-state index is 1.00. The van der Waals surface area contributed by atoms with E-state index >= 15 is 0 Å². The van der Waals surface area contributed by atoms with E-state index in [2.05, 4.69) is 30.2 Å². The van der Waals surface area contributed by atoms with Gasteiger partial charge < -0.3 is 5.32 Å². The molecule has 0 saturated heterocycles. The van der Waals surface area contributed by atoms with Gasteiger partial charge in [0.25, 0.3) is 0 Å². The molecule has 1 aromatic rings. The van der Waals surface area contributed by atoms with Gasteiger partial charge in [0.05, 0.1) is 0 Å². The first-order valence-corrected chi connectivity index (χ1v) is 6.29. The minimum absolute atomic E-state index is 1.00.